The fourth-order valence-corrected chi connectivity index (χ4v) is 2.98. The van der Waals surface area contributed by atoms with Crippen LogP contribution in [0.4, 0.5) is 5.82 Å². The summed E-state index contributed by atoms with van der Waals surface area (Å²) in [5, 5.41) is 3.53. The first-order chi connectivity index (χ1) is 10.2. The summed E-state index contributed by atoms with van der Waals surface area (Å²) in [5.41, 5.74) is 1.30. The monoisotopic (exact) mass is 291 g/mol. The third kappa shape index (κ3) is 4.97. The van der Waals surface area contributed by atoms with Crippen LogP contribution < -0.4 is 10.2 Å². The van der Waals surface area contributed by atoms with E-state index in [1.165, 1.54) is 18.4 Å². The molecule has 0 amide bonds. The van der Waals surface area contributed by atoms with Gasteiger partial charge in [0.15, 0.2) is 0 Å². The third-order valence-electron chi connectivity index (χ3n) is 3.96. The van der Waals surface area contributed by atoms with Crippen LogP contribution in [0.25, 0.3) is 0 Å². The summed E-state index contributed by atoms with van der Waals surface area (Å²) in [6.45, 7) is 9.42. The predicted octanol–water partition coefficient (Wildman–Crippen LogP) is 2.69. The van der Waals surface area contributed by atoms with E-state index in [9.17, 15) is 0 Å². The Morgan fingerprint density at radius 2 is 2.33 bits per heavy atom. The van der Waals surface area contributed by atoms with E-state index in [1.807, 2.05) is 12.3 Å². The van der Waals surface area contributed by atoms with Crippen molar-refractivity contribution in [2.45, 2.75) is 33.2 Å². The van der Waals surface area contributed by atoms with Gasteiger partial charge < -0.3 is 15.0 Å². The SMILES string of the molecule is COCC1CCCN(c2ncccc2CNCC(C)C)C1. The molecule has 2 rings (SSSR count). The summed E-state index contributed by atoms with van der Waals surface area (Å²) >= 11 is 0. The second-order valence-corrected chi connectivity index (χ2v) is 6.42. The highest BCUT2D eigenvalue weighted by Gasteiger charge is 2.22. The molecule has 1 aliphatic heterocycles. The van der Waals surface area contributed by atoms with Gasteiger partial charge in [-0.05, 0) is 37.3 Å². The van der Waals surface area contributed by atoms with Crippen LogP contribution in [0.1, 0.15) is 32.3 Å². The minimum atomic E-state index is 0.627. The average molecular weight is 291 g/mol. The van der Waals surface area contributed by atoms with Crippen LogP contribution in [0.15, 0.2) is 18.3 Å². The van der Waals surface area contributed by atoms with E-state index in [0.717, 1.165) is 38.6 Å². The van der Waals surface area contributed by atoms with Crippen LogP contribution >= 0.6 is 0 Å². The third-order valence-corrected chi connectivity index (χ3v) is 3.96. The molecule has 1 atom stereocenters. The molecule has 0 spiro atoms. The lowest BCUT2D eigenvalue weighted by Crippen LogP contribution is -2.38. The van der Waals surface area contributed by atoms with Gasteiger partial charge in [0.25, 0.3) is 0 Å². The Morgan fingerprint density at radius 3 is 3.10 bits per heavy atom. The molecule has 4 heteroatoms. The smallest absolute Gasteiger partial charge is 0.133 e. The summed E-state index contributed by atoms with van der Waals surface area (Å²) < 4.78 is 5.33. The first-order valence-corrected chi connectivity index (χ1v) is 8.09. The van der Waals surface area contributed by atoms with E-state index in [1.54, 1.807) is 7.11 Å². The van der Waals surface area contributed by atoms with Gasteiger partial charge in [-0.2, -0.15) is 0 Å². The number of piperidine rings is 1. The molecule has 21 heavy (non-hydrogen) atoms. The maximum Gasteiger partial charge on any atom is 0.133 e. The second-order valence-electron chi connectivity index (χ2n) is 6.42. The number of hydrogen-bond donors (Lipinski definition) is 1. The van der Waals surface area contributed by atoms with Gasteiger partial charge in [0.2, 0.25) is 0 Å². The van der Waals surface area contributed by atoms with E-state index >= 15 is 0 Å². The molecular weight excluding hydrogens is 262 g/mol. The Morgan fingerprint density at radius 1 is 1.48 bits per heavy atom. The Kier molecular flexibility index (Phi) is 6.46. The van der Waals surface area contributed by atoms with Crippen molar-refractivity contribution in [2.75, 3.05) is 38.3 Å². The Labute approximate surface area is 128 Å². The quantitative estimate of drug-likeness (QED) is 0.838. The molecule has 0 aromatic carbocycles. The van der Waals surface area contributed by atoms with Crippen LogP contribution in [0.5, 0.6) is 0 Å². The molecule has 0 bridgehead atoms. The van der Waals surface area contributed by atoms with Crippen LogP contribution in [0.3, 0.4) is 0 Å². The van der Waals surface area contributed by atoms with Gasteiger partial charge in [0.05, 0.1) is 6.61 Å². The molecule has 0 aliphatic carbocycles. The first kappa shape index (κ1) is 16.2. The van der Waals surface area contributed by atoms with Gasteiger partial charge in [-0.15, -0.1) is 0 Å². The number of nitrogens with one attached hydrogen (secondary N) is 1. The van der Waals surface area contributed by atoms with Crippen molar-refractivity contribution in [3.05, 3.63) is 23.9 Å². The van der Waals surface area contributed by atoms with Crippen molar-refractivity contribution in [3.63, 3.8) is 0 Å². The molecule has 4 nitrogen and oxygen atoms in total. The molecule has 1 aromatic heterocycles. The molecular formula is C17H29N3O. The number of rotatable bonds is 7. The van der Waals surface area contributed by atoms with Gasteiger partial charge in [-0.25, -0.2) is 4.98 Å². The minimum absolute atomic E-state index is 0.627. The lowest BCUT2D eigenvalue weighted by Gasteiger charge is -2.34. The zero-order chi connectivity index (χ0) is 15.1. The zero-order valence-electron chi connectivity index (χ0n) is 13.6. The van der Waals surface area contributed by atoms with E-state index in [-0.39, 0.29) is 0 Å². The molecule has 0 radical (unpaired) electrons. The summed E-state index contributed by atoms with van der Waals surface area (Å²) in [6, 6.07) is 4.22. The average Bonchev–Trinajstić information content (AvgIpc) is 2.48. The zero-order valence-corrected chi connectivity index (χ0v) is 13.6. The first-order valence-electron chi connectivity index (χ1n) is 8.09. The lowest BCUT2D eigenvalue weighted by atomic mass is 9.98. The number of methoxy groups -OCH3 is 1. The highest BCUT2D eigenvalue weighted by Crippen LogP contribution is 2.24. The van der Waals surface area contributed by atoms with E-state index < -0.39 is 0 Å². The standard InChI is InChI=1S/C17H29N3O/c1-14(2)10-18-11-16-7-4-8-19-17(16)20-9-5-6-15(12-20)13-21-3/h4,7-8,14-15,18H,5-6,9-13H2,1-3H3. The summed E-state index contributed by atoms with van der Waals surface area (Å²) in [7, 11) is 1.79. The van der Waals surface area contributed by atoms with Crippen LogP contribution in [0.2, 0.25) is 0 Å². The minimum Gasteiger partial charge on any atom is -0.384 e. The van der Waals surface area contributed by atoms with Crippen LogP contribution in [-0.4, -0.2) is 38.3 Å². The highest BCUT2D eigenvalue weighted by molar-refractivity contribution is 5.47. The van der Waals surface area contributed by atoms with Crippen LogP contribution in [-0.2, 0) is 11.3 Å². The number of ether oxygens (including phenoxy) is 1. The molecule has 1 N–H and O–H groups in total. The molecule has 1 fully saturated rings. The Balaban J connectivity index is 2.01. The predicted molar refractivity (Wildman–Crippen MR) is 87.6 cm³/mol. The van der Waals surface area contributed by atoms with Crippen molar-refractivity contribution in [1.82, 2.24) is 10.3 Å². The molecule has 1 saturated heterocycles. The Bertz CT molecular complexity index is 420. The van der Waals surface area contributed by atoms with Gasteiger partial charge >= 0.3 is 0 Å². The van der Waals surface area contributed by atoms with Crippen molar-refractivity contribution < 1.29 is 4.74 Å². The number of hydrogen-bond acceptors (Lipinski definition) is 4. The van der Waals surface area contributed by atoms with Crippen molar-refractivity contribution in [2.24, 2.45) is 11.8 Å². The second kappa shape index (κ2) is 8.35. The highest BCUT2D eigenvalue weighted by atomic mass is 16.5. The van der Waals surface area contributed by atoms with Crippen LogP contribution in [0, 0.1) is 11.8 Å². The van der Waals surface area contributed by atoms with Gasteiger partial charge in [0.1, 0.15) is 5.82 Å². The molecule has 118 valence electrons. The number of anilines is 1. The topological polar surface area (TPSA) is 37.4 Å². The van der Waals surface area contributed by atoms with Crippen molar-refractivity contribution in [3.8, 4) is 0 Å². The summed E-state index contributed by atoms with van der Waals surface area (Å²) in [5.74, 6) is 2.45. The number of pyridine rings is 1. The summed E-state index contributed by atoms with van der Waals surface area (Å²) in [6.07, 6.45) is 4.39. The maximum atomic E-state index is 5.33. The van der Waals surface area contributed by atoms with Crippen molar-refractivity contribution >= 4 is 5.82 Å². The van der Waals surface area contributed by atoms with Gasteiger partial charge in [0, 0.05) is 38.5 Å². The number of aromatic nitrogens is 1. The molecule has 2 heterocycles. The summed E-state index contributed by atoms with van der Waals surface area (Å²) in [4.78, 5) is 7.07. The fourth-order valence-electron chi connectivity index (χ4n) is 2.98. The van der Waals surface area contributed by atoms with Crippen molar-refractivity contribution in [1.29, 1.82) is 0 Å². The van der Waals surface area contributed by atoms with E-state index in [4.69, 9.17) is 4.74 Å². The van der Waals surface area contributed by atoms with E-state index in [0.29, 0.717) is 11.8 Å². The largest absolute Gasteiger partial charge is 0.384 e. The van der Waals surface area contributed by atoms with Gasteiger partial charge in [-0.3, -0.25) is 0 Å². The van der Waals surface area contributed by atoms with E-state index in [2.05, 4.69) is 35.1 Å². The molecule has 1 unspecified atom stereocenters. The molecule has 0 saturated carbocycles. The maximum absolute atomic E-state index is 5.33. The lowest BCUT2D eigenvalue weighted by molar-refractivity contribution is 0.143. The Hall–Kier alpha value is -1.13. The molecule has 1 aromatic rings. The normalized spacial score (nSPS) is 19.2. The van der Waals surface area contributed by atoms with Gasteiger partial charge in [-0.1, -0.05) is 19.9 Å². The fraction of sp³-hybridized carbons (Fsp3) is 0.706. The molecule has 1 aliphatic rings. The number of nitrogens with zero attached hydrogens (tertiary/aromatic N) is 2.